The third-order valence-corrected chi connectivity index (χ3v) is 2.88. The lowest BCUT2D eigenvalue weighted by atomic mass is 9.98. The zero-order chi connectivity index (χ0) is 14.4. The summed E-state index contributed by atoms with van der Waals surface area (Å²) in [5, 5.41) is 17.7. The van der Waals surface area contributed by atoms with Gasteiger partial charge in [0.15, 0.2) is 0 Å². The van der Waals surface area contributed by atoms with Crippen molar-refractivity contribution in [3.8, 4) is 29.0 Å². The van der Waals surface area contributed by atoms with Gasteiger partial charge in [-0.05, 0) is 34.9 Å². The van der Waals surface area contributed by atoms with Crippen LogP contribution >= 0.6 is 0 Å². The van der Waals surface area contributed by atoms with Gasteiger partial charge in [-0.25, -0.2) is 0 Å². The lowest BCUT2D eigenvalue weighted by Crippen LogP contribution is -1.87. The molecule has 2 rings (SSSR count). The van der Waals surface area contributed by atoms with Crippen molar-refractivity contribution in [2.45, 2.75) is 0 Å². The molecule has 0 fully saturated rings. The van der Waals surface area contributed by atoms with Gasteiger partial charge < -0.3 is 4.74 Å². The summed E-state index contributed by atoms with van der Waals surface area (Å²) in [6.07, 6.45) is 1.59. The molecule has 0 bridgehead atoms. The van der Waals surface area contributed by atoms with E-state index < -0.39 is 0 Å². The van der Waals surface area contributed by atoms with Crippen LogP contribution in [0.2, 0.25) is 0 Å². The average molecular weight is 260 g/mol. The van der Waals surface area contributed by atoms with Crippen LogP contribution in [0.1, 0.15) is 5.56 Å². The van der Waals surface area contributed by atoms with E-state index in [1.54, 1.807) is 13.2 Å². The molecule has 3 heteroatoms. The summed E-state index contributed by atoms with van der Waals surface area (Å²) in [6, 6.07) is 19.0. The molecule has 2 aromatic rings. The van der Waals surface area contributed by atoms with E-state index in [1.807, 2.05) is 60.7 Å². The van der Waals surface area contributed by atoms with Crippen LogP contribution in [-0.2, 0) is 0 Å². The van der Waals surface area contributed by atoms with Crippen LogP contribution in [0.4, 0.5) is 0 Å². The highest BCUT2D eigenvalue weighted by atomic mass is 16.5. The summed E-state index contributed by atoms with van der Waals surface area (Å²) in [6.45, 7) is 0. The first-order chi connectivity index (χ1) is 9.78. The lowest BCUT2D eigenvalue weighted by molar-refractivity contribution is 0.415. The molecule has 0 atom stereocenters. The molecular weight excluding hydrogens is 248 g/mol. The Labute approximate surface area is 118 Å². The van der Waals surface area contributed by atoms with Crippen LogP contribution < -0.4 is 4.74 Å². The van der Waals surface area contributed by atoms with Crippen molar-refractivity contribution in [1.82, 2.24) is 0 Å². The number of methoxy groups -OCH3 is 1. The molecule has 0 spiro atoms. The summed E-state index contributed by atoms with van der Waals surface area (Å²) in [5.41, 5.74) is 2.85. The topological polar surface area (TPSA) is 56.8 Å². The minimum absolute atomic E-state index is 0.0837. The molecule has 0 amide bonds. The molecule has 0 unspecified atom stereocenters. The Hall–Kier alpha value is -3.04. The number of ether oxygens (including phenoxy) is 1. The van der Waals surface area contributed by atoms with E-state index in [0.29, 0.717) is 0 Å². The van der Waals surface area contributed by atoms with Crippen LogP contribution in [0.25, 0.3) is 17.2 Å². The van der Waals surface area contributed by atoms with Crippen molar-refractivity contribution in [2.75, 3.05) is 7.11 Å². The number of allylic oxidation sites excluding steroid dienone is 1. The van der Waals surface area contributed by atoms with Crippen molar-refractivity contribution in [2.24, 2.45) is 0 Å². The highest BCUT2D eigenvalue weighted by molar-refractivity contribution is 5.78. The maximum atomic E-state index is 8.87. The number of benzene rings is 2. The van der Waals surface area contributed by atoms with Crippen molar-refractivity contribution < 1.29 is 4.74 Å². The Kier molecular flexibility index (Phi) is 4.17. The number of nitrogens with zero attached hydrogens (tertiary/aromatic N) is 2. The molecule has 3 nitrogen and oxygen atoms in total. The minimum atomic E-state index is 0.0837. The molecule has 0 N–H and O–H groups in total. The molecule has 0 saturated heterocycles. The summed E-state index contributed by atoms with van der Waals surface area (Å²) < 4.78 is 5.22. The molecule has 0 heterocycles. The number of hydrogen-bond acceptors (Lipinski definition) is 3. The summed E-state index contributed by atoms with van der Waals surface area (Å²) in [7, 11) is 1.62. The second-order valence-electron chi connectivity index (χ2n) is 4.10. The van der Waals surface area contributed by atoms with Crippen LogP contribution in [0, 0.1) is 22.7 Å². The third kappa shape index (κ3) is 2.85. The van der Waals surface area contributed by atoms with E-state index in [2.05, 4.69) is 0 Å². The Morgan fingerprint density at radius 2 is 1.80 bits per heavy atom. The molecule has 96 valence electrons. The standard InChI is InChI=1S/C17H12N2O/c1-20-16-7-4-6-15(10-16)17-8-3-2-5-14(17)9-13(11-18)12-19/h2-10H,1H3. The van der Waals surface area contributed by atoms with Gasteiger partial charge in [0.25, 0.3) is 0 Å². The summed E-state index contributed by atoms with van der Waals surface area (Å²) in [4.78, 5) is 0. The zero-order valence-corrected chi connectivity index (χ0v) is 11.0. The van der Waals surface area contributed by atoms with Crippen LogP contribution in [-0.4, -0.2) is 7.11 Å². The first-order valence-corrected chi connectivity index (χ1v) is 6.04. The van der Waals surface area contributed by atoms with Gasteiger partial charge in [0.2, 0.25) is 0 Å². The average Bonchev–Trinajstić information content (AvgIpc) is 2.53. The first-order valence-electron chi connectivity index (χ1n) is 6.04. The second-order valence-corrected chi connectivity index (χ2v) is 4.10. The van der Waals surface area contributed by atoms with Crippen molar-refractivity contribution in [3.63, 3.8) is 0 Å². The van der Waals surface area contributed by atoms with Crippen LogP contribution in [0.15, 0.2) is 54.1 Å². The Balaban J connectivity index is 2.56. The Morgan fingerprint density at radius 1 is 1.05 bits per heavy atom. The van der Waals surface area contributed by atoms with Crippen molar-refractivity contribution in [1.29, 1.82) is 10.5 Å². The lowest BCUT2D eigenvalue weighted by Gasteiger charge is -2.08. The van der Waals surface area contributed by atoms with E-state index in [-0.39, 0.29) is 5.57 Å². The predicted octanol–water partition coefficient (Wildman–Crippen LogP) is 3.79. The predicted molar refractivity (Wildman–Crippen MR) is 77.6 cm³/mol. The Morgan fingerprint density at radius 3 is 2.50 bits per heavy atom. The number of rotatable bonds is 3. The molecule has 0 aliphatic heterocycles. The molecule has 0 radical (unpaired) electrons. The van der Waals surface area contributed by atoms with Gasteiger partial charge in [-0.1, -0.05) is 36.4 Å². The summed E-state index contributed by atoms with van der Waals surface area (Å²) >= 11 is 0. The zero-order valence-electron chi connectivity index (χ0n) is 11.0. The highest BCUT2D eigenvalue weighted by Crippen LogP contribution is 2.28. The minimum Gasteiger partial charge on any atom is -0.497 e. The van der Waals surface area contributed by atoms with Gasteiger partial charge in [0.05, 0.1) is 7.11 Å². The fourth-order valence-electron chi connectivity index (χ4n) is 1.92. The van der Waals surface area contributed by atoms with Crippen LogP contribution in [0.5, 0.6) is 5.75 Å². The number of nitriles is 2. The van der Waals surface area contributed by atoms with Gasteiger partial charge in [-0.15, -0.1) is 0 Å². The fraction of sp³-hybridized carbons (Fsp3) is 0.0588. The maximum Gasteiger partial charge on any atom is 0.130 e. The van der Waals surface area contributed by atoms with Gasteiger partial charge in [-0.2, -0.15) is 10.5 Å². The van der Waals surface area contributed by atoms with Crippen LogP contribution in [0.3, 0.4) is 0 Å². The van der Waals surface area contributed by atoms with E-state index in [0.717, 1.165) is 22.4 Å². The maximum absolute atomic E-state index is 8.87. The second kappa shape index (κ2) is 6.22. The summed E-state index contributed by atoms with van der Waals surface area (Å²) in [5.74, 6) is 0.766. The molecular formula is C17H12N2O. The smallest absolute Gasteiger partial charge is 0.130 e. The Bertz CT molecular complexity index is 717. The molecule has 0 aromatic heterocycles. The quantitative estimate of drug-likeness (QED) is 0.789. The largest absolute Gasteiger partial charge is 0.497 e. The SMILES string of the molecule is COc1cccc(-c2ccccc2C=C(C#N)C#N)c1. The van der Waals surface area contributed by atoms with E-state index in [4.69, 9.17) is 15.3 Å². The first kappa shape index (κ1) is 13.4. The molecule has 20 heavy (non-hydrogen) atoms. The molecule has 0 saturated carbocycles. The van der Waals surface area contributed by atoms with Gasteiger partial charge >= 0.3 is 0 Å². The van der Waals surface area contributed by atoms with E-state index in [1.165, 1.54) is 0 Å². The van der Waals surface area contributed by atoms with Crippen molar-refractivity contribution in [3.05, 3.63) is 59.7 Å². The van der Waals surface area contributed by atoms with Gasteiger partial charge in [-0.3, -0.25) is 0 Å². The fourth-order valence-corrected chi connectivity index (χ4v) is 1.92. The van der Waals surface area contributed by atoms with Crippen molar-refractivity contribution >= 4 is 6.08 Å². The normalized spacial score (nSPS) is 9.15. The molecule has 0 aliphatic rings. The molecule has 2 aromatic carbocycles. The monoisotopic (exact) mass is 260 g/mol. The third-order valence-electron chi connectivity index (χ3n) is 2.88. The molecule has 0 aliphatic carbocycles. The van der Waals surface area contributed by atoms with Gasteiger partial charge in [0.1, 0.15) is 23.5 Å². The van der Waals surface area contributed by atoms with E-state index in [9.17, 15) is 0 Å². The number of hydrogen-bond donors (Lipinski definition) is 0. The van der Waals surface area contributed by atoms with E-state index >= 15 is 0 Å². The highest BCUT2D eigenvalue weighted by Gasteiger charge is 2.05. The van der Waals surface area contributed by atoms with Gasteiger partial charge in [0, 0.05) is 0 Å².